The maximum absolute atomic E-state index is 11.5. The molecule has 0 saturated heterocycles. The number of aliphatic imine (C=N–C) groups is 1. The Kier molecular flexibility index (Phi) is 8.94. The van der Waals surface area contributed by atoms with Crippen molar-refractivity contribution in [2.75, 3.05) is 24.6 Å². The standard InChI is InChI=1S/C15H33N3O2S/c1-7-16-14(17-11-12-21(19,20)8-2)18-13(3)9-10-15(4,5)6/h13H,7-12H2,1-6H3,(H2,16,17,18). The van der Waals surface area contributed by atoms with Crippen LogP contribution in [-0.4, -0.2) is 45.0 Å². The zero-order valence-corrected chi connectivity index (χ0v) is 15.3. The lowest BCUT2D eigenvalue weighted by molar-refractivity contribution is 0.346. The fourth-order valence-electron chi connectivity index (χ4n) is 1.72. The number of hydrogen-bond donors (Lipinski definition) is 2. The van der Waals surface area contributed by atoms with Gasteiger partial charge in [-0.25, -0.2) is 8.42 Å². The van der Waals surface area contributed by atoms with E-state index >= 15 is 0 Å². The lowest BCUT2D eigenvalue weighted by Gasteiger charge is -2.23. The first-order valence-corrected chi connectivity index (χ1v) is 9.67. The SMILES string of the molecule is CCNC(=NCCS(=O)(=O)CC)NC(C)CCC(C)(C)C. The highest BCUT2D eigenvalue weighted by atomic mass is 32.2. The van der Waals surface area contributed by atoms with Crippen LogP contribution in [0.5, 0.6) is 0 Å². The van der Waals surface area contributed by atoms with E-state index < -0.39 is 9.84 Å². The van der Waals surface area contributed by atoms with Crippen molar-refractivity contribution in [3.05, 3.63) is 0 Å². The summed E-state index contributed by atoms with van der Waals surface area (Å²) in [5.41, 5.74) is 0.320. The second-order valence-electron chi connectivity index (χ2n) is 6.64. The number of rotatable bonds is 8. The van der Waals surface area contributed by atoms with Gasteiger partial charge in [0.1, 0.15) is 0 Å². The molecule has 6 heteroatoms. The second kappa shape index (κ2) is 9.28. The molecule has 1 unspecified atom stereocenters. The average Bonchev–Trinajstić information content (AvgIpc) is 2.35. The Bertz CT molecular complexity index is 411. The number of nitrogens with one attached hydrogen (secondary N) is 2. The first-order valence-electron chi connectivity index (χ1n) is 7.85. The molecule has 0 aliphatic carbocycles. The zero-order valence-electron chi connectivity index (χ0n) is 14.5. The lowest BCUT2D eigenvalue weighted by atomic mass is 9.89. The Labute approximate surface area is 130 Å². The molecule has 0 aliphatic heterocycles. The van der Waals surface area contributed by atoms with Gasteiger partial charge in [-0.15, -0.1) is 0 Å². The number of sulfone groups is 1. The highest BCUT2D eigenvalue weighted by Crippen LogP contribution is 2.21. The summed E-state index contributed by atoms with van der Waals surface area (Å²) in [6.07, 6.45) is 2.19. The summed E-state index contributed by atoms with van der Waals surface area (Å²) >= 11 is 0. The van der Waals surface area contributed by atoms with Crippen LogP contribution in [0.15, 0.2) is 4.99 Å². The molecule has 0 amide bonds. The van der Waals surface area contributed by atoms with Gasteiger partial charge in [0.25, 0.3) is 0 Å². The molecule has 1 atom stereocenters. The predicted molar refractivity (Wildman–Crippen MR) is 91.6 cm³/mol. The minimum atomic E-state index is -2.95. The van der Waals surface area contributed by atoms with E-state index in [-0.39, 0.29) is 11.5 Å². The molecule has 0 aromatic heterocycles. The molecule has 21 heavy (non-hydrogen) atoms. The second-order valence-corrected chi connectivity index (χ2v) is 9.11. The summed E-state index contributed by atoms with van der Waals surface area (Å²) < 4.78 is 22.9. The first-order chi connectivity index (χ1) is 9.59. The molecule has 0 saturated carbocycles. The van der Waals surface area contributed by atoms with Crippen molar-refractivity contribution in [3.8, 4) is 0 Å². The third kappa shape index (κ3) is 11.5. The van der Waals surface area contributed by atoms with Gasteiger partial charge in [0.05, 0.1) is 12.3 Å². The van der Waals surface area contributed by atoms with Crippen LogP contribution in [0, 0.1) is 5.41 Å². The smallest absolute Gasteiger partial charge is 0.191 e. The predicted octanol–water partition coefficient (Wildman–Crippen LogP) is 2.19. The Hall–Kier alpha value is -0.780. The van der Waals surface area contributed by atoms with Crippen LogP contribution in [0.3, 0.4) is 0 Å². The van der Waals surface area contributed by atoms with E-state index in [2.05, 4.69) is 43.3 Å². The molecular weight excluding hydrogens is 286 g/mol. The highest BCUT2D eigenvalue weighted by Gasteiger charge is 2.13. The monoisotopic (exact) mass is 319 g/mol. The van der Waals surface area contributed by atoms with E-state index in [1.807, 2.05) is 6.92 Å². The topological polar surface area (TPSA) is 70.6 Å². The molecule has 0 rings (SSSR count). The van der Waals surface area contributed by atoms with Crippen molar-refractivity contribution in [1.29, 1.82) is 0 Å². The molecule has 0 bridgehead atoms. The Balaban J connectivity index is 4.40. The first kappa shape index (κ1) is 20.2. The van der Waals surface area contributed by atoms with Crippen molar-refractivity contribution in [2.24, 2.45) is 10.4 Å². The van der Waals surface area contributed by atoms with Gasteiger partial charge in [-0.1, -0.05) is 27.7 Å². The minimum Gasteiger partial charge on any atom is -0.357 e. The largest absolute Gasteiger partial charge is 0.357 e. The summed E-state index contributed by atoms with van der Waals surface area (Å²) in [4.78, 5) is 4.35. The maximum Gasteiger partial charge on any atom is 0.191 e. The molecule has 0 aromatic carbocycles. The van der Waals surface area contributed by atoms with Crippen LogP contribution < -0.4 is 10.6 Å². The van der Waals surface area contributed by atoms with Crippen molar-refractivity contribution < 1.29 is 8.42 Å². The maximum atomic E-state index is 11.5. The van der Waals surface area contributed by atoms with E-state index in [0.29, 0.717) is 24.0 Å². The summed E-state index contributed by atoms with van der Waals surface area (Å²) in [7, 11) is -2.95. The van der Waals surface area contributed by atoms with Crippen molar-refractivity contribution in [3.63, 3.8) is 0 Å². The van der Waals surface area contributed by atoms with Gasteiger partial charge in [-0.05, 0) is 32.1 Å². The molecule has 0 radical (unpaired) electrons. The Morgan fingerprint density at radius 2 is 1.86 bits per heavy atom. The molecule has 0 heterocycles. The van der Waals surface area contributed by atoms with E-state index in [9.17, 15) is 8.42 Å². The molecule has 0 aromatic rings. The van der Waals surface area contributed by atoms with Gasteiger partial charge in [0.15, 0.2) is 15.8 Å². The summed E-state index contributed by atoms with van der Waals surface area (Å²) in [6.45, 7) is 13.5. The number of nitrogens with zero attached hydrogens (tertiary/aromatic N) is 1. The lowest BCUT2D eigenvalue weighted by Crippen LogP contribution is -2.42. The van der Waals surface area contributed by atoms with Crippen molar-refractivity contribution >= 4 is 15.8 Å². The average molecular weight is 320 g/mol. The fourth-order valence-corrected chi connectivity index (χ4v) is 2.37. The van der Waals surface area contributed by atoms with Gasteiger partial charge in [-0.2, -0.15) is 0 Å². The third-order valence-electron chi connectivity index (χ3n) is 3.17. The molecule has 2 N–H and O–H groups in total. The summed E-state index contributed by atoms with van der Waals surface area (Å²) in [6, 6.07) is 0.310. The van der Waals surface area contributed by atoms with E-state index in [1.165, 1.54) is 0 Å². The molecule has 126 valence electrons. The van der Waals surface area contributed by atoms with Crippen LogP contribution in [0.1, 0.15) is 54.4 Å². The molecule has 5 nitrogen and oxygen atoms in total. The van der Waals surface area contributed by atoms with Crippen LogP contribution in [0.25, 0.3) is 0 Å². The highest BCUT2D eigenvalue weighted by molar-refractivity contribution is 7.91. The van der Waals surface area contributed by atoms with Gasteiger partial charge in [-0.3, -0.25) is 4.99 Å². The summed E-state index contributed by atoms with van der Waals surface area (Å²) in [5, 5.41) is 6.50. The molecule has 0 fully saturated rings. The fraction of sp³-hybridized carbons (Fsp3) is 0.933. The normalized spacial score (nSPS) is 14.9. The molecular formula is C15H33N3O2S. The summed E-state index contributed by atoms with van der Waals surface area (Å²) in [5.74, 6) is 0.982. The van der Waals surface area contributed by atoms with E-state index in [0.717, 1.165) is 19.4 Å². The van der Waals surface area contributed by atoms with E-state index in [4.69, 9.17) is 0 Å². The third-order valence-corrected chi connectivity index (χ3v) is 4.85. The number of hydrogen-bond acceptors (Lipinski definition) is 3. The Morgan fingerprint density at radius 1 is 1.24 bits per heavy atom. The van der Waals surface area contributed by atoms with Gasteiger partial charge in [0.2, 0.25) is 0 Å². The van der Waals surface area contributed by atoms with Gasteiger partial charge >= 0.3 is 0 Å². The van der Waals surface area contributed by atoms with Crippen LogP contribution >= 0.6 is 0 Å². The Morgan fingerprint density at radius 3 is 2.33 bits per heavy atom. The minimum absolute atomic E-state index is 0.108. The van der Waals surface area contributed by atoms with Gasteiger partial charge < -0.3 is 10.6 Å². The quantitative estimate of drug-likeness (QED) is 0.531. The van der Waals surface area contributed by atoms with E-state index in [1.54, 1.807) is 6.92 Å². The van der Waals surface area contributed by atoms with Gasteiger partial charge in [0, 0.05) is 18.3 Å². The molecule has 0 aliphatic rings. The molecule has 0 spiro atoms. The zero-order chi connectivity index (χ0) is 16.5. The van der Waals surface area contributed by atoms with Crippen LogP contribution in [0.4, 0.5) is 0 Å². The van der Waals surface area contributed by atoms with Crippen LogP contribution in [-0.2, 0) is 9.84 Å². The number of guanidine groups is 1. The van der Waals surface area contributed by atoms with Crippen LogP contribution in [0.2, 0.25) is 0 Å². The van der Waals surface area contributed by atoms with Crippen molar-refractivity contribution in [1.82, 2.24) is 10.6 Å². The van der Waals surface area contributed by atoms with Crippen molar-refractivity contribution in [2.45, 2.75) is 60.4 Å².